The van der Waals surface area contributed by atoms with Gasteiger partial charge in [0.2, 0.25) is 0 Å². The number of nitrogens with zero attached hydrogens (tertiary/aromatic N) is 2. The highest BCUT2D eigenvalue weighted by Gasteiger charge is 2.12. The number of aromatic nitrogens is 2. The number of carbonyl (C=O) groups is 1. The Hall–Kier alpha value is -1.85. The second-order valence-corrected chi connectivity index (χ2v) is 4.98. The molecule has 1 aromatic carbocycles. The zero-order valence-electron chi connectivity index (χ0n) is 11.1. The number of aliphatic hydroxyl groups excluding tert-OH is 1. The molecule has 0 saturated heterocycles. The Balaban J connectivity index is 2.11. The van der Waals surface area contributed by atoms with E-state index in [0.29, 0.717) is 17.0 Å². The van der Waals surface area contributed by atoms with Crippen molar-refractivity contribution in [2.24, 2.45) is 0 Å². The van der Waals surface area contributed by atoms with Crippen LogP contribution >= 0.6 is 11.6 Å². The van der Waals surface area contributed by atoms with E-state index in [-0.39, 0.29) is 18.6 Å². The minimum absolute atomic E-state index is 0.0449. The van der Waals surface area contributed by atoms with Crippen LogP contribution in [0.3, 0.4) is 0 Å². The molecule has 106 valence electrons. The molecule has 0 saturated carbocycles. The van der Waals surface area contributed by atoms with Crippen LogP contribution in [0.15, 0.2) is 36.7 Å². The number of benzene rings is 1. The van der Waals surface area contributed by atoms with E-state index in [1.165, 1.54) is 6.20 Å². The maximum Gasteiger partial charge on any atom is 0.254 e. The molecule has 0 aliphatic carbocycles. The van der Waals surface area contributed by atoms with E-state index >= 15 is 0 Å². The van der Waals surface area contributed by atoms with Crippen molar-refractivity contribution in [2.45, 2.75) is 19.4 Å². The number of aliphatic hydroxyl groups is 1. The summed E-state index contributed by atoms with van der Waals surface area (Å²) in [6.07, 6.45) is 3.67. The van der Waals surface area contributed by atoms with E-state index in [9.17, 15) is 4.79 Å². The first-order valence-electron chi connectivity index (χ1n) is 6.32. The number of amides is 1. The lowest BCUT2D eigenvalue weighted by Crippen LogP contribution is -2.32. The monoisotopic (exact) mass is 293 g/mol. The van der Waals surface area contributed by atoms with Gasteiger partial charge in [0.25, 0.3) is 5.91 Å². The first-order valence-corrected chi connectivity index (χ1v) is 6.70. The van der Waals surface area contributed by atoms with Crippen LogP contribution in [0.5, 0.6) is 0 Å². The summed E-state index contributed by atoms with van der Waals surface area (Å²) >= 11 is 5.92. The first kappa shape index (κ1) is 14.6. The summed E-state index contributed by atoms with van der Waals surface area (Å²) in [4.78, 5) is 12.0. The van der Waals surface area contributed by atoms with Gasteiger partial charge < -0.3 is 10.4 Å². The van der Waals surface area contributed by atoms with Crippen molar-refractivity contribution in [1.29, 1.82) is 0 Å². The molecule has 2 N–H and O–H groups in total. The summed E-state index contributed by atoms with van der Waals surface area (Å²) < 4.78 is 1.59. The van der Waals surface area contributed by atoms with E-state index in [1.807, 2.05) is 19.1 Å². The minimum atomic E-state index is -0.209. The molecular formula is C14H16ClN3O2. The summed E-state index contributed by atoms with van der Waals surface area (Å²) in [7, 11) is 0. The second kappa shape index (κ2) is 6.54. The predicted molar refractivity (Wildman–Crippen MR) is 77.2 cm³/mol. The van der Waals surface area contributed by atoms with Crippen molar-refractivity contribution >= 4 is 17.5 Å². The number of hydrogen-bond donors (Lipinski definition) is 2. The van der Waals surface area contributed by atoms with Crippen molar-refractivity contribution in [3.63, 3.8) is 0 Å². The fourth-order valence-corrected chi connectivity index (χ4v) is 1.96. The van der Waals surface area contributed by atoms with Crippen LogP contribution in [-0.4, -0.2) is 33.4 Å². The van der Waals surface area contributed by atoms with E-state index in [1.54, 1.807) is 23.0 Å². The summed E-state index contributed by atoms with van der Waals surface area (Å²) in [5.41, 5.74) is 1.26. The lowest BCUT2D eigenvalue weighted by atomic mass is 10.2. The summed E-state index contributed by atoms with van der Waals surface area (Å²) in [5.74, 6) is -0.209. The van der Waals surface area contributed by atoms with Crippen molar-refractivity contribution in [3.05, 3.63) is 47.2 Å². The van der Waals surface area contributed by atoms with Gasteiger partial charge in [-0.25, -0.2) is 4.68 Å². The van der Waals surface area contributed by atoms with E-state index in [0.717, 1.165) is 5.69 Å². The van der Waals surface area contributed by atoms with Gasteiger partial charge >= 0.3 is 0 Å². The van der Waals surface area contributed by atoms with Gasteiger partial charge in [0.15, 0.2) is 0 Å². The number of carbonyl (C=O) groups excluding carboxylic acids is 1. The molecule has 20 heavy (non-hydrogen) atoms. The van der Waals surface area contributed by atoms with Crippen molar-refractivity contribution < 1.29 is 9.90 Å². The molecule has 1 atom stereocenters. The molecule has 1 amide bonds. The number of hydrogen-bond acceptors (Lipinski definition) is 3. The third-order valence-electron chi connectivity index (χ3n) is 2.86. The third-order valence-corrected chi connectivity index (χ3v) is 3.09. The van der Waals surface area contributed by atoms with Gasteiger partial charge in [0.05, 0.1) is 17.4 Å². The Morgan fingerprint density at radius 3 is 3.05 bits per heavy atom. The van der Waals surface area contributed by atoms with Crippen molar-refractivity contribution in [1.82, 2.24) is 15.1 Å². The van der Waals surface area contributed by atoms with Gasteiger partial charge in [-0.15, -0.1) is 0 Å². The molecular weight excluding hydrogens is 278 g/mol. The number of halogens is 1. The molecule has 0 fully saturated rings. The molecule has 6 heteroatoms. The highest BCUT2D eigenvalue weighted by Crippen LogP contribution is 2.14. The maximum absolute atomic E-state index is 12.0. The minimum Gasteiger partial charge on any atom is -0.396 e. The first-order chi connectivity index (χ1) is 9.60. The topological polar surface area (TPSA) is 67.2 Å². The second-order valence-electron chi connectivity index (χ2n) is 4.54. The fourth-order valence-electron chi connectivity index (χ4n) is 1.77. The molecule has 1 unspecified atom stereocenters. The SMILES string of the molecule is CC(CCO)NC(=O)c1cnn(-c2cccc(Cl)c2)c1. The summed E-state index contributed by atoms with van der Waals surface area (Å²) in [6.45, 7) is 1.89. The molecule has 5 nitrogen and oxygen atoms in total. The van der Waals surface area contributed by atoms with E-state index < -0.39 is 0 Å². The average molecular weight is 294 g/mol. The predicted octanol–water partition coefficient (Wildman–Crippen LogP) is 2.03. The Morgan fingerprint density at radius 1 is 1.55 bits per heavy atom. The zero-order chi connectivity index (χ0) is 14.5. The Kier molecular flexibility index (Phi) is 4.76. The smallest absolute Gasteiger partial charge is 0.254 e. The Labute approximate surface area is 122 Å². The Bertz CT molecular complexity index is 598. The quantitative estimate of drug-likeness (QED) is 0.886. The fraction of sp³-hybridized carbons (Fsp3) is 0.286. The van der Waals surface area contributed by atoms with Crippen LogP contribution in [0.4, 0.5) is 0 Å². The average Bonchev–Trinajstić information content (AvgIpc) is 2.88. The molecule has 0 spiro atoms. The normalized spacial score (nSPS) is 12.2. The van der Waals surface area contributed by atoms with Crippen molar-refractivity contribution in [3.8, 4) is 5.69 Å². The van der Waals surface area contributed by atoms with Crippen LogP contribution < -0.4 is 5.32 Å². The highest BCUT2D eigenvalue weighted by atomic mass is 35.5. The lowest BCUT2D eigenvalue weighted by molar-refractivity contribution is 0.0934. The zero-order valence-corrected chi connectivity index (χ0v) is 11.8. The third kappa shape index (κ3) is 3.59. The van der Waals surface area contributed by atoms with Crippen molar-refractivity contribution in [2.75, 3.05) is 6.61 Å². The summed E-state index contributed by atoms with van der Waals surface area (Å²) in [6, 6.07) is 7.14. The van der Waals surface area contributed by atoms with Crippen LogP contribution in [0.25, 0.3) is 5.69 Å². The largest absolute Gasteiger partial charge is 0.396 e. The van der Waals surface area contributed by atoms with Gasteiger partial charge in [0.1, 0.15) is 0 Å². The number of rotatable bonds is 5. The highest BCUT2D eigenvalue weighted by molar-refractivity contribution is 6.30. The van der Waals surface area contributed by atoms with Crippen LogP contribution in [0, 0.1) is 0 Å². The van der Waals surface area contributed by atoms with Crippen LogP contribution in [0.2, 0.25) is 5.02 Å². The van der Waals surface area contributed by atoms with Crippen LogP contribution in [0.1, 0.15) is 23.7 Å². The molecule has 0 aliphatic heterocycles. The van der Waals surface area contributed by atoms with E-state index in [2.05, 4.69) is 10.4 Å². The molecule has 1 aromatic heterocycles. The molecule has 2 rings (SSSR count). The van der Waals surface area contributed by atoms with Gasteiger partial charge in [-0.3, -0.25) is 4.79 Å². The summed E-state index contributed by atoms with van der Waals surface area (Å²) in [5, 5.41) is 16.4. The maximum atomic E-state index is 12.0. The lowest BCUT2D eigenvalue weighted by Gasteiger charge is -2.10. The molecule has 0 aliphatic rings. The molecule has 2 aromatic rings. The Morgan fingerprint density at radius 2 is 2.35 bits per heavy atom. The molecule has 0 radical (unpaired) electrons. The standard InChI is InChI=1S/C14H16ClN3O2/c1-10(5-6-19)17-14(20)11-8-16-18(9-11)13-4-2-3-12(15)7-13/h2-4,7-10,19H,5-6H2,1H3,(H,17,20). The molecule has 1 heterocycles. The van der Waals surface area contributed by atoms with Gasteiger partial charge in [-0.2, -0.15) is 5.10 Å². The van der Waals surface area contributed by atoms with Crippen LogP contribution in [-0.2, 0) is 0 Å². The van der Waals surface area contributed by atoms with Gasteiger partial charge in [0, 0.05) is 23.9 Å². The number of nitrogens with one attached hydrogen (secondary N) is 1. The van der Waals surface area contributed by atoms with E-state index in [4.69, 9.17) is 16.7 Å². The molecule has 0 bridgehead atoms. The van der Waals surface area contributed by atoms with Gasteiger partial charge in [-0.05, 0) is 31.5 Å². The van der Waals surface area contributed by atoms with Gasteiger partial charge in [-0.1, -0.05) is 17.7 Å².